The Morgan fingerprint density at radius 3 is 1.89 bits per heavy atom. The molecule has 14 heteroatoms. The van der Waals surface area contributed by atoms with Crippen LogP contribution in [0.25, 0.3) is 0 Å². The largest absolute Gasteiger partial charge is 0.357 e. The van der Waals surface area contributed by atoms with Crippen LogP contribution in [0, 0.1) is 6.92 Å². The number of nitrogens with one attached hydrogen (secondary N) is 5. The number of hydrogen-bond donors (Lipinski definition) is 5. The van der Waals surface area contributed by atoms with Gasteiger partial charge in [-0.15, -0.1) is 0 Å². The van der Waals surface area contributed by atoms with Gasteiger partial charge in [0.25, 0.3) is 11.8 Å². The first-order chi connectivity index (χ1) is 26.5. The van der Waals surface area contributed by atoms with Crippen LogP contribution < -0.4 is 26.6 Å². The van der Waals surface area contributed by atoms with Crippen LogP contribution in [-0.2, 0) is 57.7 Å². The molecule has 3 aromatic rings. The van der Waals surface area contributed by atoms with Crippen molar-refractivity contribution in [2.24, 2.45) is 0 Å². The summed E-state index contributed by atoms with van der Waals surface area (Å²) >= 11 is 0. The van der Waals surface area contributed by atoms with Gasteiger partial charge in [-0.1, -0.05) is 90.8 Å². The molecule has 290 valence electrons. The van der Waals surface area contributed by atoms with Gasteiger partial charge < -0.3 is 31.3 Å². The molecule has 1 aliphatic heterocycles. The number of amides is 7. The maximum atomic E-state index is 13.1. The molecule has 0 unspecified atom stereocenters. The van der Waals surface area contributed by atoms with Gasteiger partial charge in [0, 0.05) is 31.5 Å². The second-order valence-corrected chi connectivity index (χ2v) is 13.1. The van der Waals surface area contributed by atoms with Crippen molar-refractivity contribution in [2.45, 2.75) is 58.1 Å². The number of carbonyl (C=O) groups is 7. The zero-order valence-corrected chi connectivity index (χ0v) is 30.9. The average molecular weight is 753 g/mol. The molecule has 0 fully saturated rings. The third-order valence-electron chi connectivity index (χ3n) is 8.63. The smallest absolute Gasteiger partial charge is 0.253 e. The monoisotopic (exact) mass is 752 g/mol. The normalized spacial score (nSPS) is 12.6. The molecule has 3 aromatic carbocycles. The van der Waals surface area contributed by atoms with E-state index in [0.29, 0.717) is 25.9 Å². The maximum Gasteiger partial charge on any atom is 0.253 e. The molecule has 1 atom stereocenters. The molecule has 5 N–H and O–H groups in total. The molecular formula is C41H48N6O8. The van der Waals surface area contributed by atoms with E-state index in [0.717, 1.165) is 22.4 Å². The van der Waals surface area contributed by atoms with E-state index in [-0.39, 0.29) is 56.9 Å². The Morgan fingerprint density at radius 1 is 0.618 bits per heavy atom. The molecule has 0 aliphatic carbocycles. The molecule has 0 radical (unpaired) electrons. The van der Waals surface area contributed by atoms with E-state index in [1.165, 1.54) is 28.8 Å². The van der Waals surface area contributed by atoms with Crippen molar-refractivity contribution in [3.05, 3.63) is 119 Å². The van der Waals surface area contributed by atoms with Gasteiger partial charge in [0.15, 0.2) is 0 Å². The van der Waals surface area contributed by atoms with Crippen LogP contribution in [0.4, 0.5) is 0 Å². The van der Waals surface area contributed by atoms with Crippen molar-refractivity contribution < 1.29 is 38.3 Å². The fourth-order valence-corrected chi connectivity index (χ4v) is 5.55. The Hall–Kier alpha value is -6.15. The van der Waals surface area contributed by atoms with Gasteiger partial charge in [-0.05, 0) is 48.4 Å². The lowest BCUT2D eigenvalue weighted by Crippen LogP contribution is -2.52. The molecule has 4 rings (SSSR count). The maximum absolute atomic E-state index is 13.1. The summed E-state index contributed by atoms with van der Waals surface area (Å²) in [6.45, 7) is 1.44. The van der Waals surface area contributed by atoms with E-state index < -0.39 is 36.2 Å². The van der Waals surface area contributed by atoms with Gasteiger partial charge in [-0.2, -0.15) is 0 Å². The Balaban J connectivity index is 1.11. The summed E-state index contributed by atoms with van der Waals surface area (Å²) in [5.41, 5.74) is 5.35. The first-order valence-corrected chi connectivity index (χ1v) is 18.2. The van der Waals surface area contributed by atoms with Gasteiger partial charge in [-0.3, -0.25) is 38.5 Å². The van der Waals surface area contributed by atoms with E-state index >= 15 is 0 Å². The van der Waals surface area contributed by atoms with Gasteiger partial charge in [-0.25, -0.2) is 0 Å². The Kier molecular flexibility index (Phi) is 16.8. The second-order valence-electron chi connectivity index (χ2n) is 13.1. The molecule has 0 saturated carbocycles. The van der Waals surface area contributed by atoms with Gasteiger partial charge >= 0.3 is 0 Å². The molecule has 0 bridgehead atoms. The van der Waals surface area contributed by atoms with E-state index in [9.17, 15) is 33.6 Å². The molecule has 0 saturated heterocycles. The molecule has 0 aromatic heterocycles. The number of unbranched alkanes of at least 4 members (excludes halogenated alkanes) is 2. The molecule has 0 spiro atoms. The van der Waals surface area contributed by atoms with Crippen molar-refractivity contribution in [1.82, 2.24) is 31.5 Å². The summed E-state index contributed by atoms with van der Waals surface area (Å²) in [5, 5.41) is 12.7. The fourth-order valence-electron chi connectivity index (χ4n) is 5.55. The summed E-state index contributed by atoms with van der Waals surface area (Å²) in [4.78, 5) is 87.0. The Labute approximate surface area is 320 Å². The number of nitrogens with zero attached hydrogens (tertiary/aromatic N) is 1. The molecular weight excluding hydrogens is 704 g/mol. The van der Waals surface area contributed by atoms with Crippen LogP contribution in [0.15, 0.2) is 91.0 Å². The minimum Gasteiger partial charge on any atom is -0.357 e. The van der Waals surface area contributed by atoms with E-state index in [1.54, 1.807) is 24.3 Å². The van der Waals surface area contributed by atoms with Crippen molar-refractivity contribution in [1.29, 1.82) is 0 Å². The molecule has 14 nitrogen and oxygen atoms in total. The zero-order chi connectivity index (χ0) is 39.4. The van der Waals surface area contributed by atoms with Gasteiger partial charge in [0.2, 0.25) is 29.5 Å². The van der Waals surface area contributed by atoms with Crippen LogP contribution >= 0.6 is 0 Å². The van der Waals surface area contributed by atoms with Crippen LogP contribution in [0.3, 0.4) is 0 Å². The van der Waals surface area contributed by atoms with Crippen molar-refractivity contribution in [2.75, 3.05) is 32.9 Å². The van der Waals surface area contributed by atoms with Gasteiger partial charge in [0.05, 0.1) is 26.2 Å². The number of rotatable bonds is 22. The molecule has 1 heterocycles. The predicted molar refractivity (Wildman–Crippen MR) is 204 cm³/mol. The molecule has 7 amide bonds. The quantitative estimate of drug-likeness (QED) is 0.0582. The number of benzene rings is 3. The average Bonchev–Trinajstić information content (AvgIpc) is 3.51. The number of hydrogen-bond acceptors (Lipinski definition) is 8. The first kappa shape index (κ1) is 41.6. The minimum atomic E-state index is -1.04. The Morgan fingerprint density at radius 2 is 1.20 bits per heavy atom. The summed E-state index contributed by atoms with van der Waals surface area (Å²) in [7, 11) is 0. The van der Waals surface area contributed by atoms with Crippen molar-refractivity contribution >= 4 is 41.4 Å². The van der Waals surface area contributed by atoms with Crippen LogP contribution in [0.1, 0.15) is 53.5 Å². The SMILES string of the molecule is Cc1ccc(Cc2ccc(COCNC(=O)CNC(=O)[C@H](Cc3ccccc3)NC(=O)CNC(=O)CNC(=O)CCCCCN3C(=O)C=CC3=O)cc2)cc1. The highest BCUT2D eigenvalue weighted by atomic mass is 16.5. The highest BCUT2D eigenvalue weighted by molar-refractivity contribution is 6.12. The van der Waals surface area contributed by atoms with E-state index in [1.807, 2.05) is 30.3 Å². The molecule has 55 heavy (non-hydrogen) atoms. The van der Waals surface area contributed by atoms with E-state index in [2.05, 4.69) is 57.8 Å². The van der Waals surface area contributed by atoms with Crippen molar-refractivity contribution in [3.8, 4) is 0 Å². The van der Waals surface area contributed by atoms with Crippen molar-refractivity contribution in [3.63, 3.8) is 0 Å². The topological polar surface area (TPSA) is 192 Å². The third-order valence-corrected chi connectivity index (χ3v) is 8.63. The Bertz CT molecular complexity index is 1790. The number of carbonyl (C=O) groups excluding carboxylic acids is 7. The summed E-state index contributed by atoms with van der Waals surface area (Å²) in [6.07, 6.45) is 5.24. The second kappa shape index (κ2) is 22.2. The number of ether oxygens (including phenoxy) is 1. The summed E-state index contributed by atoms with van der Waals surface area (Å²) < 4.78 is 5.59. The first-order valence-electron chi connectivity index (χ1n) is 18.2. The lowest BCUT2D eigenvalue weighted by molar-refractivity contribution is -0.137. The highest BCUT2D eigenvalue weighted by Crippen LogP contribution is 2.13. The predicted octanol–water partition coefficient (Wildman–Crippen LogP) is 1.74. The zero-order valence-electron chi connectivity index (χ0n) is 30.9. The third kappa shape index (κ3) is 15.4. The highest BCUT2D eigenvalue weighted by Gasteiger charge is 2.23. The lowest BCUT2D eigenvalue weighted by Gasteiger charge is -2.19. The fraction of sp³-hybridized carbons (Fsp3) is 0.341. The summed E-state index contributed by atoms with van der Waals surface area (Å²) in [6, 6.07) is 24.4. The van der Waals surface area contributed by atoms with Crippen LogP contribution in [-0.4, -0.2) is 85.2 Å². The van der Waals surface area contributed by atoms with E-state index in [4.69, 9.17) is 4.74 Å². The van der Waals surface area contributed by atoms with Gasteiger partial charge in [0.1, 0.15) is 12.8 Å². The summed E-state index contributed by atoms with van der Waals surface area (Å²) in [5.74, 6) is -3.35. The number of imide groups is 1. The number of aryl methyl sites for hydroxylation is 1. The lowest BCUT2D eigenvalue weighted by atomic mass is 10.0. The minimum absolute atomic E-state index is 0.0621. The standard InChI is InChI=1S/C41H48N6O8/c1-29-11-13-31(14-12-29)22-32-15-17-33(18-16-32)27-55-28-45-37(50)25-44-41(54)34(23-30-8-4-2-5-9-30)46-38(51)26-43-36(49)24-42-35(48)10-6-3-7-21-47-39(52)19-20-40(47)53/h2,4-5,8-9,11-20,34H,3,6-7,10,21-28H2,1H3,(H,42,48)(H,43,49)(H,44,54)(H,45,50)(H,46,51)/t34-/m0/s1. The van der Waals surface area contributed by atoms with Crippen LogP contribution in [0.5, 0.6) is 0 Å². The van der Waals surface area contributed by atoms with Crippen LogP contribution in [0.2, 0.25) is 0 Å². The molecule has 1 aliphatic rings.